The van der Waals surface area contributed by atoms with Crippen molar-refractivity contribution in [3.8, 4) is 0 Å². The van der Waals surface area contributed by atoms with Gasteiger partial charge in [-0.2, -0.15) is 0 Å². The number of carbonyl (C=O) groups excluding carboxylic acids is 1. The number of amides is 1. The van der Waals surface area contributed by atoms with Crippen molar-refractivity contribution in [2.24, 2.45) is 0 Å². The topological polar surface area (TPSA) is 62.2 Å². The van der Waals surface area contributed by atoms with Gasteiger partial charge in [0.05, 0.1) is 18.2 Å². The fraction of sp³-hybridized carbons (Fsp3) is 0.286. The van der Waals surface area contributed by atoms with Gasteiger partial charge >= 0.3 is 0 Å². The number of aliphatic hydroxyl groups excluding tert-OH is 1. The summed E-state index contributed by atoms with van der Waals surface area (Å²) >= 11 is 0. The summed E-state index contributed by atoms with van der Waals surface area (Å²) in [6, 6.07) is 8.94. The van der Waals surface area contributed by atoms with Gasteiger partial charge in [-0.25, -0.2) is 0 Å². The van der Waals surface area contributed by atoms with Crippen LogP contribution < -0.4 is 5.32 Å². The van der Waals surface area contributed by atoms with Gasteiger partial charge in [-0.3, -0.25) is 9.78 Å². The molecule has 4 heteroatoms. The molecule has 0 spiro atoms. The van der Waals surface area contributed by atoms with Gasteiger partial charge in [0.1, 0.15) is 0 Å². The van der Waals surface area contributed by atoms with Crippen molar-refractivity contribution in [1.29, 1.82) is 0 Å². The minimum Gasteiger partial charge on any atom is -0.394 e. The molecule has 2 N–H and O–H groups in total. The highest BCUT2D eigenvalue weighted by Gasteiger charge is 2.11. The molecule has 1 amide bonds. The molecule has 0 bridgehead atoms. The number of benzene rings is 1. The second-order valence-electron chi connectivity index (χ2n) is 4.17. The van der Waals surface area contributed by atoms with Crippen LogP contribution in [0.2, 0.25) is 0 Å². The number of rotatable bonds is 4. The van der Waals surface area contributed by atoms with E-state index in [2.05, 4.69) is 10.3 Å². The maximum Gasteiger partial charge on any atom is 0.251 e. The summed E-state index contributed by atoms with van der Waals surface area (Å²) in [4.78, 5) is 16.2. The SMILES string of the molecule is CC[C@H](CO)NC(=O)c1ccc2ncccc2c1. The molecule has 0 saturated heterocycles. The highest BCUT2D eigenvalue weighted by atomic mass is 16.3. The quantitative estimate of drug-likeness (QED) is 0.861. The fourth-order valence-electron chi connectivity index (χ4n) is 1.76. The van der Waals surface area contributed by atoms with Crippen molar-refractivity contribution in [2.45, 2.75) is 19.4 Å². The number of aliphatic hydroxyl groups is 1. The van der Waals surface area contributed by atoms with Crippen molar-refractivity contribution in [3.63, 3.8) is 0 Å². The largest absolute Gasteiger partial charge is 0.394 e. The van der Waals surface area contributed by atoms with Crippen molar-refractivity contribution < 1.29 is 9.90 Å². The smallest absolute Gasteiger partial charge is 0.251 e. The van der Waals surface area contributed by atoms with Crippen LogP contribution in [0.1, 0.15) is 23.7 Å². The number of carbonyl (C=O) groups is 1. The van der Waals surface area contributed by atoms with Gasteiger partial charge in [-0.1, -0.05) is 13.0 Å². The number of aromatic nitrogens is 1. The lowest BCUT2D eigenvalue weighted by Gasteiger charge is -2.14. The van der Waals surface area contributed by atoms with Crippen LogP contribution >= 0.6 is 0 Å². The molecule has 18 heavy (non-hydrogen) atoms. The first-order chi connectivity index (χ1) is 8.74. The maximum atomic E-state index is 12.0. The highest BCUT2D eigenvalue weighted by Crippen LogP contribution is 2.13. The van der Waals surface area contributed by atoms with Crippen molar-refractivity contribution in [1.82, 2.24) is 10.3 Å². The predicted molar refractivity (Wildman–Crippen MR) is 70.4 cm³/mol. The maximum absolute atomic E-state index is 12.0. The average Bonchev–Trinajstić information content (AvgIpc) is 2.44. The number of hydrogen-bond donors (Lipinski definition) is 2. The van der Waals surface area contributed by atoms with Crippen LogP contribution in [0.25, 0.3) is 10.9 Å². The molecule has 0 aliphatic heterocycles. The summed E-state index contributed by atoms with van der Waals surface area (Å²) in [7, 11) is 0. The summed E-state index contributed by atoms with van der Waals surface area (Å²) in [6.45, 7) is 1.88. The molecular formula is C14H16N2O2. The Morgan fingerprint density at radius 2 is 2.28 bits per heavy atom. The van der Waals surface area contributed by atoms with E-state index in [1.807, 2.05) is 31.2 Å². The van der Waals surface area contributed by atoms with Gasteiger partial charge in [0.15, 0.2) is 0 Å². The van der Waals surface area contributed by atoms with Gasteiger partial charge in [-0.15, -0.1) is 0 Å². The molecule has 2 rings (SSSR count). The zero-order valence-corrected chi connectivity index (χ0v) is 10.3. The van der Waals surface area contributed by atoms with Gasteiger partial charge in [0.2, 0.25) is 0 Å². The molecule has 0 radical (unpaired) electrons. The van der Waals surface area contributed by atoms with E-state index in [0.717, 1.165) is 10.9 Å². The third-order valence-electron chi connectivity index (χ3n) is 2.91. The van der Waals surface area contributed by atoms with Gasteiger partial charge in [0, 0.05) is 17.1 Å². The van der Waals surface area contributed by atoms with Crippen LogP contribution in [-0.2, 0) is 0 Å². The Kier molecular flexibility index (Phi) is 3.89. The zero-order valence-electron chi connectivity index (χ0n) is 10.3. The van der Waals surface area contributed by atoms with Crippen LogP contribution in [0.5, 0.6) is 0 Å². The molecule has 0 aliphatic rings. The van der Waals surface area contributed by atoms with E-state index in [1.165, 1.54) is 0 Å². The van der Waals surface area contributed by atoms with Crippen molar-refractivity contribution >= 4 is 16.8 Å². The minimum absolute atomic E-state index is 0.0443. The number of hydrogen-bond acceptors (Lipinski definition) is 3. The first-order valence-corrected chi connectivity index (χ1v) is 6.01. The summed E-state index contributed by atoms with van der Waals surface area (Å²) in [5, 5.41) is 12.8. The van der Waals surface area contributed by atoms with Gasteiger partial charge in [0.25, 0.3) is 5.91 Å². The summed E-state index contributed by atoms with van der Waals surface area (Å²) in [5.41, 5.74) is 1.45. The number of fused-ring (bicyclic) bond motifs is 1. The van der Waals surface area contributed by atoms with Crippen LogP contribution in [0.15, 0.2) is 36.5 Å². The zero-order chi connectivity index (χ0) is 13.0. The van der Waals surface area contributed by atoms with E-state index in [0.29, 0.717) is 12.0 Å². The molecule has 1 aromatic carbocycles. The first-order valence-electron chi connectivity index (χ1n) is 6.01. The summed E-state index contributed by atoms with van der Waals surface area (Å²) in [6.07, 6.45) is 2.43. The van der Waals surface area contributed by atoms with Crippen LogP contribution in [-0.4, -0.2) is 28.6 Å². The second-order valence-corrected chi connectivity index (χ2v) is 4.17. The third kappa shape index (κ3) is 2.65. The lowest BCUT2D eigenvalue weighted by Crippen LogP contribution is -2.36. The van der Waals surface area contributed by atoms with E-state index < -0.39 is 0 Å². The van der Waals surface area contributed by atoms with E-state index in [9.17, 15) is 4.79 Å². The lowest BCUT2D eigenvalue weighted by molar-refractivity contribution is 0.0915. The Morgan fingerprint density at radius 3 is 3.00 bits per heavy atom. The monoisotopic (exact) mass is 244 g/mol. The second kappa shape index (κ2) is 5.60. The molecule has 94 valence electrons. The Balaban J connectivity index is 2.22. The number of nitrogens with zero attached hydrogens (tertiary/aromatic N) is 1. The minimum atomic E-state index is -0.193. The highest BCUT2D eigenvalue weighted by molar-refractivity contribution is 5.98. The Hall–Kier alpha value is -1.94. The van der Waals surface area contributed by atoms with E-state index in [-0.39, 0.29) is 18.6 Å². The molecule has 1 heterocycles. The van der Waals surface area contributed by atoms with E-state index >= 15 is 0 Å². The molecule has 0 aliphatic carbocycles. The molecule has 1 atom stereocenters. The molecule has 0 fully saturated rings. The normalized spacial score (nSPS) is 12.3. The lowest BCUT2D eigenvalue weighted by atomic mass is 10.1. The Bertz CT molecular complexity index is 550. The van der Waals surface area contributed by atoms with Crippen molar-refractivity contribution in [2.75, 3.05) is 6.61 Å². The summed E-state index contributed by atoms with van der Waals surface area (Å²) < 4.78 is 0. The molecule has 0 unspecified atom stereocenters. The molecule has 0 saturated carbocycles. The Labute approximate surface area is 106 Å². The van der Waals surface area contributed by atoms with E-state index in [4.69, 9.17) is 5.11 Å². The van der Waals surface area contributed by atoms with Crippen LogP contribution in [0.4, 0.5) is 0 Å². The Morgan fingerprint density at radius 1 is 1.44 bits per heavy atom. The fourth-order valence-corrected chi connectivity index (χ4v) is 1.76. The first kappa shape index (κ1) is 12.5. The van der Waals surface area contributed by atoms with Gasteiger partial charge in [-0.05, 0) is 30.7 Å². The molecular weight excluding hydrogens is 228 g/mol. The number of pyridine rings is 1. The third-order valence-corrected chi connectivity index (χ3v) is 2.91. The van der Waals surface area contributed by atoms with Gasteiger partial charge < -0.3 is 10.4 Å². The molecule has 4 nitrogen and oxygen atoms in total. The number of nitrogens with one attached hydrogen (secondary N) is 1. The summed E-state index contributed by atoms with van der Waals surface area (Å²) in [5.74, 6) is -0.165. The van der Waals surface area contributed by atoms with Crippen molar-refractivity contribution in [3.05, 3.63) is 42.1 Å². The average molecular weight is 244 g/mol. The van der Waals surface area contributed by atoms with E-state index in [1.54, 1.807) is 12.3 Å². The standard InChI is InChI=1S/C14H16N2O2/c1-2-12(9-17)16-14(18)11-5-6-13-10(8-11)4-3-7-15-13/h3-8,12,17H,2,9H2,1H3,(H,16,18)/t12-/m1/s1. The molecule has 1 aromatic heterocycles. The van der Waals surface area contributed by atoms with Crippen LogP contribution in [0.3, 0.4) is 0 Å². The molecule has 2 aromatic rings. The van der Waals surface area contributed by atoms with Crippen LogP contribution in [0, 0.1) is 0 Å². The predicted octanol–water partition coefficient (Wildman–Crippen LogP) is 1.74.